The van der Waals surface area contributed by atoms with Gasteiger partial charge in [-0.25, -0.2) is 4.98 Å². The Hall–Kier alpha value is -1.89. The van der Waals surface area contributed by atoms with Gasteiger partial charge in [0.2, 0.25) is 0 Å². The Kier molecular flexibility index (Phi) is 4.39. The molecule has 23 heavy (non-hydrogen) atoms. The van der Waals surface area contributed by atoms with Gasteiger partial charge in [-0.15, -0.1) is 0 Å². The number of nitrogens with zero attached hydrogens (tertiary/aromatic N) is 5. The number of hydrogen-bond donors (Lipinski definition) is 0. The minimum atomic E-state index is 0.0470. The molecule has 1 atom stereocenters. The number of aryl methyl sites for hydroxylation is 2. The van der Waals surface area contributed by atoms with E-state index >= 15 is 0 Å². The third-order valence-electron chi connectivity index (χ3n) is 4.16. The predicted molar refractivity (Wildman–Crippen MR) is 92.6 cm³/mol. The standard InChI is InChI=1S/C16H20BrN5O/c1-11-6-14(17)8-18-15(11)21-4-5-22(12(2)9-21)16(23)13-7-19-20(3)10-13/h6-8,10,12H,4-5,9H2,1-3H3. The molecule has 7 heteroatoms. The van der Waals surface area contributed by atoms with E-state index in [0.29, 0.717) is 12.1 Å². The van der Waals surface area contributed by atoms with Crippen LogP contribution in [0.15, 0.2) is 29.1 Å². The second-order valence-corrected chi connectivity index (χ2v) is 6.91. The summed E-state index contributed by atoms with van der Waals surface area (Å²) in [5.74, 6) is 1.04. The number of rotatable bonds is 2. The molecule has 1 fully saturated rings. The van der Waals surface area contributed by atoms with Gasteiger partial charge in [0.1, 0.15) is 5.82 Å². The quantitative estimate of drug-likeness (QED) is 0.805. The fourth-order valence-electron chi connectivity index (χ4n) is 3.01. The van der Waals surface area contributed by atoms with Crippen LogP contribution in [0.3, 0.4) is 0 Å². The average Bonchev–Trinajstić information content (AvgIpc) is 2.93. The van der Waals surface area contributed by atoms with Gasteiger partial charge in [0, 0.05) is 49.6 Å². The van der Waals surface area contributed by atoms with Gasteiger partial charge >= 0.3 is 0 Å². The molecule has 1 aliphatic rings. The Morgan fingerprint density at radius 2 is 2.13 bits per heavy atom. The van der Waals surface area contributed by atoms with Crippen LogP contribution >= 0.6 is 15.9 Å². The van der Waals surface area contributed by atoms with Gasteiger partial charge in [0.15, 0.2) is 0 Å². The fraction of sp³-hybridized carbons (Fsp3) is 0.438. The maximum absolute atomic E-state index is 12.6. The number of carbonyl (C=O) groups is 1. The number of amides is 1. The summed E-state index contributed by atoms with van der Waals surface area (Å²) in [5.41, 5.74) is 1.78. The highest BCUT2D eigenvalue weighted by molar-refractivity contribution is 9.10. The number of carbonyl (C=O) groups excluding carboxylic acids is 1. The molecular formula is C16H20BrN5O. The van der Waals surface area contributed by atoms with E-state index in [2.05, 4.69) is 50.8 Å². The fourth-order valence-corrected chi connectivity index (χ4v) is 3.46. The van der Waals surface area contributed by atoms with E-state index in [1.807, 2.05) is 18.1 Å². The van der Waals surface area contributed by atoms with Crippen molar-refractivity contribution in [1.29, 1.82) is 0 Å². The van der Waals surface area contributed by atoms with Crippen molar-refractivity contribution in [2.24, 2.45) is 7.05 Å². The molecule has 0 N–H and O–H groups in total. The number of hydrogen-bond acceptors (Lipinski definition) is 4. The topological polar surface area (TPSA) is 54.3 Å². The lowest BCUT2D eigenvalue weighted by atomic mass is 10.1. The maximum Gasteiger partial charge on any atom is 0.257 e. The van der Waals surface area contributed by atoms with Gasteiger partial charge in [-0.2, -0.15) is 5.10 Å². The Bertz CT molecular complexity index is 729. The van der Waals surface area contributed by atoms with Gasteiger partial charge in [-0.05, 0) is 41.4 Å². The van der Waals surface area contributed by atoms with Gasteiger partial charge in [-0.1, -0.05) is 0 Å². The van der Waals surface area contributed by atoms with E-state index in [4.69, 9.17) is 0 Å². The molecule has 0 aliphatic carbocycles. The van der Waals surface area contributed by atoms with E-state index in [1.165, 1.54) is 0 Å². The maximum atomic E-state index is 12.6. The first-order valence-electron chi connectivity index (χ1n) is 7.62. The number of pyridine rings is 1. The summed E-state index contributed by atoms with van der Waals surface area (Å²) in [5, 5.41) is 4.08. The van der Waals surface area contributed by atoms with Crippen LogP contribution in [-0.4, -0.2) is 51.2 Å². The second-order valence-electron chi connectivity index (χ2n) is 5.99. The van der Waals surface area contributed by atoms with Crippen LogP contribution in [0, 0.1) is 6.92 Å². The predicted octanol–water partition coefficient (Wildman–Crippen LogP) is 2.24. The van der Waals surface area contributed by atoms with Gasteiger partial charge in [-0.3, -0.25) is 9.48 Å². The molecule has 1 aliphatic heterocycles. The van der Waals surface area contributed by atoms with Crippen molar-refractivity contribution < 1.29 is 4.79 Å². The Labute approximate surface area is 144 Å². The van der Waals surface area contributed by atoms with Crippen LogP contribution in [0.2, 0.25) is 0 Å². The monoisotopic (exact) mass is 377 g/mol. The molecule has 0 spiro atoms. The first kappa shape index (κ1) is 16.0. The lowest BCUT2D eigenvalue weighted by molar-refractivity contribution is 0.0673. The van der Waals surface area contributed by atoms with E-state index in [-0.39, 0.29) is 11.9 Å². The summed E-state index contributed by atoms with van der Waals surface area (Å²) in [6.45, 7) is 6.39. The third kappa shape index (κ3) is 3.24. The van der Waals surface area contributed by atoms with E-state index in [0.717, 1.165) is 28.9 Å². The summed E-state index contributed by atoms with van der Waals surface area (Å²) in [4.78, 5) is 21.3. The van der Waals surface area contributed by atoms with Crippen molar-refractivity contribution in [3.05, 3.63) is 40.3 Å². The lowest BCUT2D eigenvalue weighted by Gasteiger charge is -2.40. The summed E-state index contributed by atoms with van der Waals surface area (Å²) in [7, 11) is 1.82. The van der Waals surface area contributed by atoms with Crippen molar-refractivity contribution >= 4 is 27.7 Å². The summed E-state index contributed by atoms with van der Waals surface area (Å²) in [6.07, 6.45) is 5.21. The van der Waals surface area contributed by atoms with E-state index in [1.54, 1.807) is 17.1 Å². The third-order valence-corrected chi connectivity index (χ3v) is 4.59. The molecular weight excluding hydrogens is 358 g/mol. The number of anilines is 1. The minimum Gasteiger partial charge on any atom is -0.353 e. The number of aromatic nitrogens is 3. The molecule has 1 amide bonds. The highest BCUT2D eigenvalue weighted by atomic mass is 79.9. The SMILES string of the molecule is Cc1cc(Br)cnc1N1CCN(C(=O)c2cnn(C)c2)C(C)C1. The van der Waals surface area contributed by atoms with E-state index < -0.39 is 0 Å². The summed E-state index contributed by atoms with van der Waals surface area (Å²) in [6, 6.07) is 2.20. The first-order valence-corrected chi connectivity index (χ1v) is 8.41. The zero-order valence-corrected chi connectivity index (χ0v) is 15.1. The second kappa shape index (κ2) is 6.31. The molecule has 0 radical (unpaired) electrons. The Balaban J connectivity index is 1.73. The van der Waals surface area contributed by atoms with Crippen LogP contribution < -0.4 is 4.90 Å². The van der Waals surface area contributed by atoms with Crippen molar-refractivity contribution in [3.8, 4) is 0 Å². The van der Waals surface area contributed by atoms with Gasteiger partial charge < -0.3 is 9.80 Å². The van der Waals surface area contributed by atoms with Crippen molar-refractivity contribution in [2.75, 3.05) is 24.5 Å². The van der Waals surface area contributed by atoms with Crippen LogP contribution in [0.1, 0.15) is 22.8 Å². The van der Waals surface area contributed by atoms with Crippen molar-refractivity contribution in [2.45, 2.75) is 19.9 Å². The van der Waals surface area contributed by atoms with Crippen molar-refractivity contribution in [1.82, 2.24) is 19.7 Å². The molecule has 0 saturated carbocycles. The highest BCUT2D eigenvalue weighted by Crippen LogP contribution is 2.24. The summed E-state index contributed by atoms with van der Waals surface area (Å²) < 4.78 is 2.64. The highest BCUT2D eigenvalue weighted by Gasteiger charge is 2.29. The molecule has 122 valence electrons. The van der Waals surface area contributed by atoms with Gasteiger partial charge in [0.05, 0.1) is 11.8 Å². The molecule has 2 aromatic rings. The molecule has 6 nitrogen and oxygen atoms in total. The van der Waals surface area contributed by atoms with Gasteiger partial charge in [0.25, 0.3) is 5.91 Å². The average molecular weight is 378 g/mol. The first-order chi connectivity index (χ1) is 11.0. The van der Waals surface area contributed by atoms with Crippen molar-refractivity contribution in [3.63, 3.8) is 0 Å². The molecule has 3 heterocycles. The van der Waals surface area contributed by atoms with Crippen LogP contribution in [0.25, 0.3) is 0 Å². The van der Waals surface area contributed by atoms with Crippen LogP contribution in [0.5, 0.6) is 0 Å². The van der Waals surface area contributed by atoms with E-state index in [9.17, 15) is 4.79 Å². The Morgan fingerprint density at radius 1 is 1.35 bits per heavy atom. The largest absolute Gasteiger partial charge is 0.353 e. The Morgan fingerprint density at radius 3 is 2.74 bits per heavy atom. The number of piperazine rings is 1. The normalized spacial score (nSPS) is 18.3. The van der Waals surface area contributed by atoms with Crippen LogP contribution in [-0.2, 0) is 7.05 Å². The smallest absolute Gasteiger partial charge is 0.257 e. The van der Waals surface area contributed by atoms with Crippen LogP contribution in [0.4, 0.5) is 5.82 Å². The minimum absolute atomic E-state index is 0.0470. The molecule has 0 aromatic carbocycles. The number of halogens is 1. The zero-order valence-electron chi connectivity index (χ0n) is 13.5. The molecule has 1 unspecified atom stereocenters. The molecule has 3 rings (SSSR count). The molecule has 2 aromatic heterocycles. The summed E-state index contributed by atoms with van der Waals surface area (Å²) >= 11 is 3.45. The lowest BCUT2D eigenvalue weighted by Crippen LogP contribution is -2.54. The molecule has 0 bridgehead atoms. The zero-order chi connectivity index (χ0) is 16.6. The molecule has 1 saturated heterocycles.